The van der Waals surface area contributed by atoms with Crippen molar-refractivity contribution in [3.8, 4) is 0 Å². The number of methoxy groups -OCH3 is 1. The maximum atomic E-state index is 14.2. The molecule has 1 aliphatic heterocycles. The Morgan fingerprint density at radius 3 is 1.73 bits per heavy atom. The van der Waals surface area contributed by atoms with Crippen molar-refractivity contribution >= 4 is 35.1 Å². The lowest BCUT2D eigenvalue weighted by molar-refractivity contribution is -0.169. The second-order valence-corrected chi connectivity index (χ2v) is 10.0. The second kappa shape index (κ2) is 12.6. The average Bonchev–Trinajstić information content (AvgIpc) is 3.26. The SMILES string of the molecule is CCOC(=O)C1(C(=O)OCC)C(=C=C(c2ccccc2)c2ccccc2)[C@](C)(C(=O)OC)N[C@@H]1c1ccc(Cl)cc1. The Balaban J connectivity index is 2.23. The molecule has 4 rings (SSSR count). The molecule has 0 aromatic heterocycles. The Morgan fingerprint density at radius 2 is 1.29 bits per heavy atom. The van der Waals surface area contributed by atoms with E-state index in [0.717, 1.165) is 11.1 Å². The fraction of sp³-hybridized carbons (Fsp3) is 0.273. The number of hydrogen-bond donors (Lipinski definition) is 1. The zero-order valence-electron chi connectivity index (χ0n) is 23.4. The van der Waals surface area contributed by atoms with Crippen molar-refractivity contribution in [2.75, 3.05) is 20.3 Å². The third-order valence-corrected chi connectivity index (χ3v) is 7.38. The molecule has 0 spiro atoms. The van der Waals surface area contributed by atoms with Gasteiger partial charge in [-0.25, -0.2) is 4.79 Å². The molecule has 0 radical (unpaired) electrons. The number of benzene rings is 3. The van der Waals surface area contributed by atoms with Crippen LogP contribution in [0.25, 0.3) is 5.57 Å². The van der Waals surface area contributed by atoms with Crippen LogP contribution in [0.3, 0.4) is 0 Å². The van der Waals surface area contributed by atoms with Gasteiger partial charge in [-0.3, -0.25) is 14.9 Å². The summed E-state index contributed by atoms with van der Waals surface area (Å²) in [4.78, 5) is 42.0. The number of carbonyl (C=O) groups excluding carboxylic acids is 3. The van der Waals surface area contributed by atoms with Crippen LogP contribution in [0.1, 0.15) is 43.5 Å². The molecule has 3 aromatic carbocycles. The minimum Gasteiger partial charge on any atom is -0.467 e. The molecule has 1 N–H and O–H groups in total. The third-order valence-electron chi connectivity index (χ3n) is 7.13. The summed E-state index contributed by atoms with van der Waals surface area (Å²) in [5, 5.41) is 3.71. The summed E-state index contributed by atoms with van der Waals surface area (Å²) in [5.74, 6) is -2.46. The largest absolute Gasteiger partial charge is 0.467 e. The lowest BCUT2D eigenvalue weighted by Crippen LogP contribution is -2.48. The Hall–Kier alpha value is -4.16. The number of esters is 3. The molecule has 1 heterocycles. The molecule has 1 fully saturated rings. The molecule has 1 aliphatic rings. The van der Waals surface area contributed by atoms with Crippen LogP contribution in [0.2, 0.25) is 5.02 Å². The van der Waals surface area contributed by atoms with E-state index in [1.807, 2.05) is 60.7 Å². The number of ether oxygens (including phenoxy) is 3. The predicted molar refractivity (Wildman–Crippen MR) is 156 cm³/mol. The van der Waals surface area contributed by atoms with Crippen LogP contribution < -0.4 is 5.32 Å². The predicted octanol–water partition coefficient (Wildman–Crippen LogP) is 5.69. The van der Waals surface area contributed by atoms with Crippen LogP contribution in [0.5, 0.6) is 0 Å². The highest BCUT2D eigenvalue weighted by atomic mass is 35.5. The summed E-state index contributed by atoms with van der Waals surface area (Å²) >= 11 is 6.18. The quantitative estimate of drug-likeness (QED) is 0.160. The number of nitrogens with one attached hydrogen (secondary N) is 1. The van der Waals surface area contributed by atoms with E-state index in [-0.39, 0.29) is 18.8 Å². The van der Waals surface area contributed by atoms with Gasteiger partial charge in [0, 0.05) is 16.2 Å². The zero-order valence-corrected chi connectivity index (χ0v) is 24.2. The number of rotatable bonds is 8. The normalized spacial score (nSPS) is 19.1. The molecule has 7 nitrogen and oxygen atoms in total. The van der Waals surface area contributed by atoms with E-state index >= 15 is 0 Å². The van der Waals surface area contributed by atoms with Gasteiger partial charge >= 0.3 is 17.9 Å². The Morgan fingerprint density at radius 1 is 0.805 bits per heavy atom. The maximum Gasteiger partial charge on any atom is 0.330 e. The first-order valence-corrected chi connectivity index (χ1v) is 13.7. The van der Waals surface area contributed by atoms with Gasteiger partial charge in [0.05, 0.1) is 26.4 Å². The first kappa shape index (κ1) is 29.8. The molecule has 212 valence electrons. The van der Waals surface area contributed by atoms with Gasteiger partial charge in [-0.2, -0.15) is 0 Å². The van der Waals surface area contributed by atoms with E-state index in [0.29, 0.717) is 16.2 Å². The van der Waals surface area contributed by atoms with E-state index < -0.39 is 34.9 Å². The molecule has 0 saturated carbocycles. The average molecular weight is 574 g/mol. The van der Waals surface area contributed by atoms with Crippen molar-refractivity contribution in [3.05, 3.63) is 118 Å². The Kier molecular flexibility index (Phi) is 9.14. The van der Waals surface area contributed by atoms with Crippen LogP contribution >= 0.6 is 11.6 Å². The van der Waals surface area contributed by atoms with Crippen LogP contribution in [0, 0.1) is 5.41 Å². The molecule has 0 unspecified atom stereocenters. The lowest BCUT2D eigenvalue weighted by Gasteiger charge is -2.31. The monoisotopic (exact) mass is 573 g/mol. The van der Waals surface area contributed by atoms with Crippen molar-refractivity contribution in [2.45, 2.75) is 32.4 Å². The zero-order chi connectivity index (χ0) is 29.6. The van der Waals surface area contributed by atoms with Crippen LogP contribution in [-0.4, -0.2) is 43.8 Å². The van der Waals surface area contributed by atoms with E-state index in [9.17, 15) is 14.4 Å². The van der Waals surface area contributed by atoms with Gasteiger partial charge in [0.1, 0.15) is 5.54 Å². The number of carbonyl (C=O) groups is 3. The second-order valence-electron chi connectivity index (χ2n) is 9.60. The molecular weight excluding hydrogens is 542 g/mol. The van der Waals surface area contributed by atoms with Crippen LogP contribution in [-0.2, 0) is 28.6 Å². The summed E-state index contributed by atoms with van der Waals surface area (Å²) in [7, 11) is 1.25. The van der Waals surface area contributed by atoms with Gasteiger partial charge in [0.2, 0.25) is 5.41 Å². The summed E-state index contributed by atoms with van der Waals surface area (Å²) < 4.78 is 16.4. The minimum atomic E-state index is -2.14. The summed E-state index contributed by atoms with van der Waals surface area (Å²) in [5.41, 5.74) is 2.17. The van der Waals surface area contributed by atoms with Crippen molar-refractivity contribution in [2.24, 2.45) is 5.41 Å². The molecule has 41 heavy (non-hydrogen) atoms. The van der Waals surface area contributed by atoms with E-state index in [2.05, 4.69) is 11.0 Å². The van der Waals surface area contributed by atoms with Gasteiger partial charge in [0.25, 0.3) is 0 Å². The molecular formula is C33H32ClNO6. The van der Waals surface area contributed by atoms with Crippen molar-refractivity contribution in [1.29, 1.82) is 0 Å². The first-order chi connectivity index (χ1) is 19.7. The van der Waals surface area contributed by atoms with Crippen molar-refractivity contribution < 1.29 is 28.6 Å². The van der Waals surface area contributed by atoms with Gasteiger partial charge in [0.15, 0.2) is 0 Å². The molecule has 0 aliphatic carbocycles. The van der Waals surface area contributed by atoms with Gasteiger partial charge < -0.3 is 14.2 Å². The minimum absolute atomic E-state index is 0.0104. The molecule has 0 amide bonds. The lowest BCUT2D eigenvalue weighted by atomic mass is 9.70. The highest BCUT2D eigenvalue weighted by molar-refractivity contribution is 6.30. The fourth-order valence-electron chi connectivity index (χ4n) is 5.24. The van der Waals surface area contributed by atoms with Gasteiger partial charge in [-0.05, 0) is 49.6 Å². The van der Waals surface area contributed by atoms with E-state index in [4.69, 9.17) is 25.8 Å². The number of hydrogen-bond acceptors (Lipinski definition) is 7. The Labute approximate surface area is 244 Å². The van der Waals surface area contributed by atoms with Gasteiger partial charge in [-0.1, -0.05) is 84.4 Å². The fourth-order valence-corrected chi connectivity index (χ4v) is 5.37. The van der Waals surface area contributed by atoms with E-state index in [1.165, 1.54) is 7.11 Å². The summed E-state index contributed by atoms with van der Waals surface area (Å²) in [6, 6.07) is 24.4. The van der Waals surface area contributed by atoms with Crippen molar-refractivity contribution in [3.63, 3.8) is 0 Å². The van der Waals surface area contributed by atoms with Gasteiger partial charge in [-0.15, -0.1) is 5.73 Å². The van der Waals surface area contributed by atoms with Crippen LogP contribution in [0.4, 0.5) is 0 Å². The summed E-state index contributed by atoms with van der Waals surface area (Å²) in [6.45, 7) is 4.84. The van der Waals surface area contributed by atoms with Crippen LogP contribution in [0.15, 0.2) is 96.2 Å². The third kappa shape index (κ3) is 5.44. The van der Waals surface area contributed by atoms with Crippen molar-refractivity contribution in [1.82, 2.24) is 5.32 Å². The standard InChI is InChI=1S/C33H32ClNO6/c1-5-40-30(37)33(31(38)41-6-2)27(21-26(22-13-9-7-10-14-22)23-15-11-8-12-16-23)32(3,29(36)39-4)35-28(33)24-17-19-25(34)20-18-24/h7-20,28,35H,5-6H2,1-4H3/t28-,32-/m1/s1. The highest BCUT2D eigenvalue weighted by Crippen LogP contribution is 2.54. The summed E-state index contributed by atoms with van der Waals surface area (Å²) in [6.07, 6.45) is 0. The highest BCUT2D eigenvalue weighted by Gasteiger charge is 2.70. The molecule has 2 atom stereocenters. The molecule has 8 heteroatoms. The smallest absolute Gasteiger partial charge is 0.330 e. The maximum absolute atomic E-state index is 14.2. The first-order valence-electron chi connectivity index (χ1n) is 13.3. The molecule has 1 saturated heterocycles. The topological polar surface area (TPSA) is 90.9 Å². The molecule has 0 bridgehead atoms. The number of halogens is 1. The Bertz CT molecular complexity index is 1420. The van der Waals surface area contributed by atoms with E-state index in [1.54, 1.807) is 45.0 Å². The molecule has 3 aromatic rings.